The monoisotopic (exact) mass is 280 g/mol. The number of nitrogen functional groups attached to an aromatic ring is 1. The van der Waals surface area contributed by atoms with Crippen LogP contribution in [0, 0.1) is 0 Å². The maximum Gasteiger partial charge on any atom is 0.128 e. The van der Waals surface area contributed by atoms with Crippen LogP contribution in [0.25, 0.3) is 0 Å². The van der Waals surface area contributed by atoms with E-state index in [1.807, 2.05) is 25.1 Å². The number of rotatable bonds is 3. The number of H-pyrrole nitrogens is 1. The Kier molecular flexibility index (Phi) is 3.14. The third-order valence-corrected chi connectivity index (χ3v) is 2.81. The molecule has 1 aromatic carbocycles. The van der Waals surface area contributed by atoms with Gasteiger partial charge in [-0.3, -0.25) is 0 Å². The number of nitrogens with zero attached hydrogens (tertiary/aromatic N) is 1. The molecule has 0 aliphatic carbocycles. The van der Waals surface area contributed by atoms with Gasteiger partial charge >= 0.3 is 0 Å². The summed E-state index contributed by atoms with van der Waals surface area (Å²) in [5.41, 5.74) is 7.52. The molecule has 0 bridgehead atoms. The van der Waals surface area contributed by atoms with Crippen LogP contribution < -0.4 is 11.1 Å². The number of nitrogens with one attached hydrogen (secondary N) is 2. The number of hydrogen-bond donors (Lipinski definition) is 3. The number of imidazole rings is 1. The van der Waals surface area contributed by atoms with E-state index < -0.39 is 0 Å². The first-order valence-electron chi connectivity index (χ1n) is 4.97. The lowest BCUT2D eigenvalue weighted by Crippen LogP contribution is -2.09. The SMILES string of the molecule is CC(Nc1ccc(Br)cc1N)c1ncc[nH]1. The summed E-state index contributed by atoms with van der Waals surface area (Å²) in [7, 11) is 0. The van der Waals surface area contributed by atoms with Crippen molar-refractivity contribution in [1.82, 2.24) is 9.97 Å². The molecule has 0 aliphatic rings. The summed E-state index contributed by atoms with van der Waals surface area (Å²) in [5, 5.41) is 3.30. The average molecular weight is 281 g/mol. The lowest BCUT2D eigenvalue weighted by atomic mass is 10.2. The highest BCUT2D eigenvalue weighted by molar-refractivity contribution is 9.10. The second-order valence-corrected chi connectivity index (χ2v) is 4.49. The highest BCUT2D eigenvalue weighted by atomic mass is 79.9. The number of halogens is 1. The van der Waals surface area contributed by atoms with Gasteiger partial charge in [0.15, 0.2) is 0 Å². The molecule has 4 nitrogen and oxygen atoms in total. The summed E-state index contributed by atoms with van der Waals surface area (Å²) in [6.45, 7) is 2.03. The number of benzene rings is 1. The third kappa shape index (κ3) is 2.36. The van der Waals surface area contributed by atoms with Gasteiger partial charge in [-0.15, -0.1) is 0 Å². The molecular formula is C11H13BrN4. The van der Waals surface area contributed by atoms with Gasteiger partial charge in [0.2, 0.25) is 0 Å². The molecule has 5 heteroatoms. The quantitative estimate of drug-likeness (QED) is 0.758. The number of nitrogens with two attached hydrogens (primary N) is 1. The summed E-state index contributed by atoms with van der Waals surface area (Å²) < 4.78 is 0.973. The third-order valence-electron chi connectivity index (χ3n) is 2.32. The van der Waals surface area contributed by atoms with Gasteiger partial charge < -0.3 is 16.0 Å². The van der Waals surface area contributed by atoms with E-state index in [2.05, 4.69) is 31.2 Å². The summed E-state index contributed by atoms with van der Waals surface area (Å²) in [4.78, 5) is 7.26. The largest absolute Gasteiger partial charge is 0.397 e. The van der Waals surface area contributed by atoms with Gasteiger partial charge in [0, 0.05) is 16.9 Å². The molecule has 0 amide bonds. The number of aromatic amines is 1. The number of anilines is 2. The predicted octanol–water partition coefficient (Wildman–Crippen LogP) is 2.93. The van der Waals surface area contributed by atoms with Gasteiger partial charge in [0.05, 0.1) is 17.4 Å². The van der Waals surface area contributed by atoms with E-state index in [0.29, 0.717) is 5.69 Å². The topological polar surface area (TPSA) is 66.7 Å². The minimum Gasteiger partial charge on any atom is -0.397 e. The van der Waals surface area contributed by atoms with E-state index in [4.69, 9.17) is 5.73 Å². The Hall–Kier alpha value is -1.49. The number of hydrogen-bond acceptors (Lipinski definition) is 3. The Morgan fingerprint density at radius 2 is 2.31 bits per heavy atom. The van der Waals surface area contributed by atoms with E-state index in [1.54, 1.807) is 12.4 Å². The van der Waals surface area contributed by atoms with Crippen molar-refractivity contribution in [3.05, 3.63) is 40.9 Å². The van der Waals surface area contributed by atoms with Gasteiger partial charge in [-0.05, 0) is 25.1 Å². The maximum absolute atomic E-state index is 5.90. The zero-order chi connectivity index (χ0) is 11.5. The molecule has 2 rings (SSSR count). The molecule has 0 aliphatic heterocycles. The van der Waals surface area contributed by atoms with Crippen molar-refractivity contribution in [2.45, 2.75) is 13.0 Å². The highest BCUT2D eigenvalue weighted by Crippen LogP contribution is 2.25. The van der Waals surface area contributed by atoms with Crippen molar-refractivity contribution in [2.24, 2.45) is 0 Å². The van der Waals surface area contributed by atoms with Crippen molar-refractivity contribution >= 4 is 27.3 Å². The molecule has 2 aromatic rings. The summed E-state index contributed by atoms with van der Waals surface area (Å²) >= 11 is 3.37. The fourth-order valence-electron chi connectivity index (χ4n) is 1.48. The zero-order valence-electron chi connectivity index (χ0n) is 8.87. The Morgan fingerprint density at radius 1 is 1.50 bits per heavy atom. The van der Waals surface area contributed by atoms with Crippen molar-refractivity contribution < 1.29 is 0 Å². The van der Waals surface area contributed by atoms with Crippen LogP contribution in [0.15, 0.2) is 35.1 Å². The van der Waals surface area contributed by atoms with E-state index in [0.717, 1.165) is 16.0 Å². The maximum atomic E-state index is 5.90. The summed E-state index contributed by atoms with van der Waals surface area (Å²) in [6, 6.07) is 5.86. The van der Waals surface area contributed by atoms with Crippen molar-refractivity contribution in [2.75, 3.05) is 11.1 Å². The first-order chi connectivity index (χ1) is 7.66. The van der Waals surface area contributed by atoms with Crippen LogP contribution in [0.3, 0.4) is 0 Å². The molecular weight excluding hydrogens is 268 g/mol. The highest BCUT2D eigenvalue weighted by Gasteiger charge is 2.08. The van der Waals surface area contributed by atoms with Crippen LogP contribution in [-0.4, -0.2) is 9.97 Å². The van der Waals surface area contributed by atoms with Crippen molar-refractivity contribution in [3.63, 3.8) is 0 Å². The first-order valence-corrected chi connectivity index (χ1v) is 5.77. The van der Waals surface area contributed by atoms with E-state index >= 15 is 0 Å². The Morgan fingerprint density at radius 3 is 2.94 bits per heavy atom. The molecule has 0 saturated heterocycles. The molecule has 1 heterocycles. The van der Waals surface area contributed by atoms with Crippen LogP contribution in [0.1, 0.15) is 18.8 Å². The van der Waals surface area contributed by atoms with Gasteiger partial charge in [-0.1, -0.05) is 15.9 Å². The molecule has 0 radical (unpaired) electrons. The Labute approximate surface area is 102 Å². The van der Waals surface area contributed by atoms with E-state index in [-0.39, 0.29) is 6.04 Å². The lowest BCUT2D eigenvalue weighted by Gasteiger charge is -2.14. The second-order valence-electron chi connectivity index (χ2n) is 3.57. The van der Waals surface area contributed by atoms with Gasteiger partial charge in [0.25, 0.3) is 0 Å². The zero-order valence-corrected chi connectivity index (χ0v) is 10.5. The molecule has 0 saturated carbocycles. The lowest BCUT2D eigenvalue weighted by molar-refractivity contribution is 0.810. The minimum absolute atomic E-state index is 0.0958. The van der Waals surface area contributed by atoms with Gasteiger partial charge in [0.1, 0.15) is 5.82 Å². The molecule has 4 N–H and O–H groups in total. The Balaban J connectivity index is 2.15. The first kappa shape index (κ1) is 11.0. The number of aromatic nitrogens is 2. The van der Waals surface area contributed by atoms with Crippen molar-refractivity contribution in [3.8, 4) is 0 Å². The second kappa shape index (κ2) is 4.57. The Bertz CT molecular complexity index is 467. The molecule has 1 aromatic heterocycles. The van der Waals surface area contributed by atoms with Crippen LogP contribution in [0.2, 0.25) is 0 Å². The fraction of sp³-hybridized carbons (Fsp3) is 0.182. The summed E-state index contributed by atoms with van der Waals surface area (Å²) in [6.07, 6.45) is 3.54. The van der Waals surface area contributed by atoms with Crippen molar-refractivity contribution in [1.29, 1.82) is 0 Å². The van der Waals surface area contributed by atoms with Crippen LogP contribution >= 0.6 is 15.9 Å². The molecule has 1 unspecified atom stereocenters. The van der Waals surface area contributed by atoms with Crippen LogP contribution in [0.5, 0.6) is 0 Å². The predicted molar refractivity (Wildman–Crippen MR) is 69.2 cm³/mol. The molecule has 84 valence electrons. The van der Waals surface area contributed by atoms with E-state index in [9.17, 15) is 0 Å². The molecule has 16 heavy (non-hydrogen) atoms. The minimum atomic E-state index is 0.0958. The molecule has 0 fully saturated rings. The smallest absolute Gasteiger partial charge is 0.128 e. The molecule has 0 spiro atoms. The van der Waals surface area contributed by atoms with Gasteiger partial charge in [-0.25, -0.2) is 4.98 Å². The van der Waals surface area contributed by atoms with Crippen LogP contribution in [-0.2, 0) is 0 Å². The molecule has 1 atom stereocenters. The van der Waals surface area contributed by atoms with E-state index in [1.165, 1.54) is 0 Å². The van der Waals surface area contributed by atoms with Gasteiger partial charge in [-0.2, -0.15) is 0 Å². The average Bonchev–Trinajstić information content (AvgIpc) is 2.75. The summed E-state index contributed by atoms with van der Waals surface area (Å²) in [5.74, 6) is 0.891. The fourth-order valence-corrected chi connectivity index (χ4v) is 1.86. The standard InChI is InChI=1S/C11H13BrN4/c1-7(11-14-4-5-15-11)16-10-3-2-8(12)6-9(10)13/h2-7,16H,13H2,1H3,(H,14,15). The normalized spacial score (nSPS) is 12.4. The van der Waals surface area contributed by atoms with Crippen LogP contribution in [0.4, 0.5) is 11.4 Å².